The molecule has 1 aromatic rings. The summed E-state index contributed by atoms with van der Waals surface area (Å²) < 4.78 is 31.3. The number of nitrogens with zero attached hydrogens (tertiary/aromatic N) is 1. The van der Waals surface area contributed by atoms with Crippen molar-refractivity contribution in [2.45, 2.75) is 191 Å². The Morgan fingerprint density at radius 3 is 2.48 bits per heavy atom. The van der Waals surface area contributed by atoms with Crippen LogP contribution in [0, 0.1) is 11.3 Å². The topological polar surface area (TPSA) is 145 Å². The molecule has 12 heteroatoms. The number of esters is 2. The molecule has 7 rings (SSSR count). The minimum Gasteiger partial charge on any atom is -0.460 e. The van der Waals surface area contributed by atoms with Gasteiger partial charge in [-0.2, -0.15) is 5.06 Å². The average Bonchev–Trinajstić information content (AvgIpc) is 3.70. The summed E-state index contributed by atoms with van der Waals surface area (Å²) >= 11 is 0. The molecule has 0 radical (unpaired) electrons. The van der Waals surface area contributed by atoms with Crippen LogP contribution < -0.4 is 5.32 Å². The summed E-state index contributed by atoms with van der Waals surface area (Å²) in [7, 11) is 0. The summed E-state index contributed by atoms with van der Waals surface area (Å²) in [5.41, 5.74) is -0.0846. The van der Waals surface area contributed by atoms with Crippen LogP contribution in [0.25, 0.3) is 6.08 Å². The highest BCUT2D eigenvalue weighted by atomic mass is 16.8. The number of rotatable bonds is 18. The van der Waals surface area contributed by atoms with Crippen molar-refractivity contribution in [3.8, 4) is 0 Å². The van der Waals surface area contributed by atoms with E-state index in [1.54, 1.807) is 25.8 Å². The number of fused-ring (bicyclic) bond motifs is 5. The zero-order valence-corrected chi connectivity index (χ0v) is 34.0. The second-order valence-electron chi connectivity index (χ2n) is 18.1. The van der Waals surface area contributed by atoms with E-state index >= 15 is 0 Å². The Balaban J connectivity index is 1.16. The highest BCUT2D eigenvalue weighted by Crippen LogP contribution is 2.58. The Kier molecular flexibility index (Phi) is 12.7. The van der Waals surface area contributed by atoms with E-state index < -0.39 is 77.8 Å². The van der Waals surface area contributed by atoms with Crippen LogP contribution in [0.4, 0.5) is 0 Å². The van der Waals surface area contributed by atoms with Crippen molar-refractivity contribution in [3.05, 3.63) is 41.5 Å². The molecule has 2 bridgehead atoms. The van der Waals surface area contributed by atoms with E-state index in [2.05, 4.69) is 43.4 Å². The Hall–Kier alpha value is -2.87. The van der Waals surface area contributed by atoms with Gasteiger partial charge in [0.2, 0.25) is 5.91 Å². The van der Waals surface area contributed by atoms with Crippen molar-refractivity contribution >= 4 is 23.9 Å². The summed E-state index contributed by atoms with van der Waals surface area (Å²) in [5, 5.41) is 15.1. The molecule has 310 valence electrons. The minimum atomic E-state index is -1.39. The SMILES string of the molecule is CCCCCC1(CCCCC)O[C@@H]2[C@H]3ON(Cc4cccc(C=CC5CCC6OC6C5)c4)[C@H]4C(=O)OC(CC34C(=O)N[C@H](CO)CCC(=O)OC(C)(C)C)[C@@H]2O1. The fraction of sp³-hybridized carbons (Fsp3) is 0.750. The predicted molar refractivity (Wildman–Crippen MR) is 207 cm³/mol. The lowest BCUT2D eigenvalue weighted by molar-refractivity contribution is -0.224. The quantitative estimate of drug-likeness (QED) is 0.0983. The van der Waals surface area contributed by atoms with Gasteiger partial charge in [-0.1, -0.05) is 75.9 Å². The Morgan fingerprint density at radius 1 is 1.04 bits per heavy atom. The van der Waals surface area contributed by atoms with Crippen molar-refractivity contribution in [1.82, 2.24) is 10.4 Å². The maximum atomic E-state index is 14.9. The van der Waals surface area contributed by atoms with Crippen molar-refractivity contribution in [2.75, 3.05) is 6.61 Å². The van der Waals surface area contributed by atoms with Gasteiger partial charge in [0.1, 0.15) is 35.4 Å². The molecule has 0 aromatic heterocycles. The third-order valence-corrected chi connectivity index (χ3v) is 12.6. The lowest BCUT2D eigenvalue weighted by atomic mass is 9.62. The smallest absolute Gasteiger partial charge is 0.327 e. The molecule has 4 aliphatic heterocycles. The molecule has 4 heterocycles. The monoisotopic (exact) mass is 780 g/mol. The van der Waals surface area contributed by atoms with E-state index in [4.69, 9.17) is 28.5 Å². The van der Waals surface area contributed by atoms with Crippen molar-refractivity contribution in [1.29, 1.82) is 0 Å². The van der Waals surface area contributed by atoms with E-state index in [0.29, 0.717) is 31.0 Å². The summed E-state index contributed by atoms with van der Waals surface area (Å²) in [4.78, 5) is 48.6. The van der Waals surface area contributed by atoms with E-state index in [9.17, 15) is 19.5 Å². The predicted octanol–water partition coefficient (Wildman–Crippen LogP) is 6.31. The number of epoxide rings is 1. The zero-order chi connectivity index (χ0) is 39.7. The van der Waals surface area contributed by atoms with Crippen LogP contribution in [0.2, 0.25) is 0 Å². The van der Waals surface area contributed by atoms with Crippen LogP contribution in [0.5, 0.6) is 0 Å². The molecule has 10 atom stereocenters. The van der Waals surface area contributed by atoms with Crippen molar-refractivity contribution in [3.63, 3.8) is 0 Å². The molecular weight excluding hydrogens is 716 g/mol. The standard InChI is InChI=1S/C44H64N2O10/c1-6-8-10-21-43(22-11-9-7-2)54-36-34-25-44(41(50)45-31(27-47)18-20-35(48)53-42(3,4)5)38(40(49)52-34)46(56-39(44)37(36)55-43)26-30-14-12-13-28(23-30)15-16-29-17-19-32-33(24-29)51-32/h12-16,23,29,31-34,36-39,47H,6-11,17-22,24-27H2,1-5H3,(H,45,50)/t29?,31-,32?,33?,34?,36-,37-,38-,39+,44?/m0/s1. The Morgan fingerprint density at radius 2 is 1.79 bits per heavy atom. The second-order valence-corrected chi connectivity index (χ2v) is 18.1. The van der Waals surface area contributed by atoms with Crippen LogP contribution in [-0.2, 0) is 49.5 Å². The summed E-state index contributed by atoms with van der Waals surface area (Å²) in [6.07, 6.45) is 13.5. The summed E-state index contributed by atoms with van der Waals surface area (Å²) in [6.45, 7) is 9.56. The fourth-order valence-corrected chi connectivity index (χ4v) is 9.74. The van der Waals surface area contributed by atoms with E-state index in [1.165, 1.54) is 0 Å². The lowest BCUT2D eigenvalue weighted by Gasteiger charge is -2.49. The largest absolute Gasteiger partial charge is 0.460 e. The van der Waals surface area contributed by atoms with E-state index in [-0.39, 0.29) is 25.8 Å². The number of carbonyl (C=O) groups is 3. The number of amides is 1. The van der Waals surface area contributed by atoms with Crippen LogP contribution in [-0.4, -0.2) is 94.7 Å². The van der Waals surface area contributed by atoms with Gasteiger partial charge in [-0.25, -0.2) is 0 Å². The molecule has 1 amide bonds. The third-order valence-electron chi connectivity index (χ3n) is 12.6. The van der Waals surface area contributed by atoms with Gasteiger partial charge in [0, 0.05) is 25.7 Å². The Labute approximate surface area is 332 Å². The Bertz CT molecular complexity index is 1580. The molecule has 0 spiro atoms. The molecule has 12 nitrogen and oxygen atoms in total. The average molecular weight is 781 g/mol. The highest BCUT2D eigenvalue weighted by molar-refractivity contribution is 5.93. The lowest BCUT2D eigenvalue weighted by Crippen LogP contribution is -2.70. The van der Waals surface area contributed by atoms with Gasteiger partial charge in [0.25, 0.3) is 0 Å². The number of aliphatic hydroxyl groups is 1. The third kappa shape index (κ3) is 8.90. The number of carbonyl (C=O) groups excluding carboxylic acids is 3. The number of allylic oxidation sites excluding steroid dienone is 1. The van der Waals surface area contributed by atoms with Crippen LogP contribution in [0.3, 0.4) is 0 Å². The van der Waals surface area contributed by atoms with Gasteiger partial charge in [-0.15, -0.1) is 0 Å². The first-order chi connectivity index (χ1) is 26.9. The number of unbranched alkanes of at least 4 members (excludes halogenated alkanes) is 4. The van der Waals surface area contributed by atoms with Gasteiger partial charge < -0.3 is 34.1 Å². The highest BCUT2D eigenvalue weighted by Gasteiger charge is 2.76. The van der Waals surface area contributed by atoms with Gasteiger partial charge in [-0.3, -0.25) is 19.2 Å². The molecule has 4 saturated heterocycles. The maximum Gasteiger partial charge on any atom is 0.327 e. The van der Waals surface area contributed by atoms with Crippen molar-refractivity contribution in [2.24, 2.45) is 11.3 Å². The molecule has 6 aliphatic rings. The van der Waals surface area contributed by atoms with Gasteiger partial charge in [-0.05, 0) is 76.3 Å². The first-order valence-corrected chi connectivity index (χ1v) is 21.4. The molecule has 5 unspecified atom stereocenters. The van der Waals surface area contributed by atoms with Crippen molar-refractivity contribution < 1.29 is 48.0 Å². The molecule has 6 fully saturated rings. The summed E-state index contributed by atoms with van der Waals surface area (Å²) in [6, 6.07) is 6.33. The van der Waals surface area contributed by atoms with E-state index in [1.807, 2.05) is 12.1 Å². The fourth-order valence-electron chi connectivity index (χ4n) is 9.74. The van der Waals surface area contributed by atoms with Gasteiger partial charge in [0.15, 0.2) is 11.8 Å². The van der Waals surface area contributed by atoms with Gasteiger partial charge >= 0.3 is 11.9 Å². The number of hydrogen-bond donors (Lipinski definition) is 2. The first kappa shape index (κ1) is 41.3. The van der Waals surface area contributed by atoms with Crippen LogP contribution in [0.15, 0.2) is 30.3 Å². The number of aliphatic hydroxyl groups excluding tert-OH is 1. The number of ether oxygens (including phenoxy) is 5. The molecule has 2 aliphatic carbocycles. The second kappa shape index (κ2) is 17.2. The molecule has 2 N–H and O–H groups in total. The minimum absolute atomic E-state index is 0.00995. The van der Waals surface area contributed by atoms with Crippen LogP contribution >= 0.6 is 0 Å². The number of hydrogen-bond acceptors (Lipinski definition) is 11. The number of benzene rings is 1. The maximum absolute atomic E-state index is 14.9. The van der Waals surface area contributed by atoms with Gasteiger partial charge in [0.05, 0.1) is 31.4 Å². The molecular formula is C44H64N2O10. The number of nitrogens with one attached hydrogen (secondary N) is 1. The van der Waals surface area contributed by atoms with Crippen LogP contribution in [0.1, 0.15) is 136 Å². The molecule has 56 heavy (non-hydrogen) atoms. The first-order valence-electron chi connectivity index (χ1n) is 21.4. The normalized spacial score (nSPS) is 33.4. The molecule has 2 saturated carbocycles. The number of hydroxylamine groups is 2. The van der Waals surface area contributed by atoms with E-state index in [0.717, 1.165) is 68.9 Å². The molecule has 1 aromatic carbocycles. The summed E-state index contributed by atoms with van der Waals surface area (Å²) in [5.74, 6) is -1.78. The zero-order valence-electron chi connectivity index (χ0n) is 34.0.